The highest BCUT2D eigenvalue weighted by Crippen LogP contribution is 2.28. The van der Waals surface area contributed by atoms with Gasteiger partial charge in [-0.05, 0) is 24.6 Å². The summed E-state index contributed by atoms with van der Waals surface area (Å²) in [5.74, 6) is 5.93. The highest BCUT2D eigenvalue weighted by Gasteiger charge is 2.16. The van der Waals surface area contributed by atoms with E-state index < -0.39 is 0 Å². The summed E-state index contributed by atoms with van der Waals surface area (Å²) in [5, 5.41) is 0.949. The molecule has 0 aliphatic heterocycles. The van der Waals surface area contributed by atoms with Gasteiger partial charge in [-0.2, -0.15) is 0 Å². The summed E-state index contributed by atoms with van der Waals surface area (Å²) in [4.78, 5) is 16.8. The van der Waals surface area contributed by atoms with Crippen molar-refractivity contribution in [1.29, 1.82) is 0 Å². The molecule has 0 saturated carbocycles. The van der Waals surface area contributed by atoms with Crippen molar-refractivity contribution in [3.8, 4) is 11.3 Å². The molecule has 2 heterocycles. The van der Waals surface area contributed by atoms with Gasteiger partial charge < -0.3 is 5.84 Å². The van der Waals surface area contributed by atoms with E-state index >= 15 is 0 Å². The first-order valence-electron chi connectivity index (χ1n) is 6.57. The van der Waals surface area contributed by atoms with Crippen molar-refractivity contribution < 1.29 is 0 Å². The summed E-state index contributed by atoms with van der Waals surface area (Å²) in [6.45, 7) is 1.96. The van der Waals surface area contributed by atoms with Gasteiger partial charge in [0.2, 0.25) is 0 Å². The number of hydrogen-bond acceptors (Lipinski definition) is 3. The van der Waals surface area contributed by atoms with Gasteiger partial charge in [-0.25, -0.2) is 4.68 Å². The zero-order valence-electron chi connectivity index (χ0n) is 11.2. The number of benzene rings is 1. The Morgan fingerprint density at radius 1 is 1.15 bits per heavy atom. The van der Waals surface area contributed by atoms with Crippen LogP contribution in [0.4, 0.5) is 0 Å². The standard InChI is InChI=1S/C16H15N3O/c1-2-11-15(13-8-5-6-10-18-13)12-7-3-4-9-14(12)19(17)16(11)20/h3-10H,2,17H2,1H3. The van der Waals surface area contributed by atoms with Crippen molar-refractivity contribution in [3.05, 3.63) is 64.6 Å². The van der Waals surface area contributed by atoms with E-state index in [2.05, 4.69) is 4.98 Å². The summed E-state index contributed by atoms with van der Waals surface area (Å²) < 4.78 is 1.22. The maximum atomic E-state index is 12.4. The molecule has 0 bridgehead atoms. The molecule has 0 spiro atoms. The Morgan fingerprint density at radius 2 is 1.90 bits per heavy atom. The number of fused-ring (bicyclic) bond motifs is 1. The minimum atomic E-state index is -0.160. The second kappa shape index (κ2) is 4.81. The third kappa shape index (κ3) is 1.77. The van der Waals surface area contributed by atoms with Gasteiger partial charge in [0, 0.05) is 22.7 Å². The summed E-state index contributed by atoms with van der Waals surface area (Å²) >= 11 is 0. The maximum absolute atomic E-state index is 12.4. The molecule has 4 heteroatoms. The molecule has 4 nitrogen and oxygen atoms in total. The largest absolute Gasteiger partial charge is 0.336 e. The molecule has 3 rings (SSSR count). The predicted octanol–water partition coefficient (Wildman–Crippen LogP) is 2.34. The fourth-order valence-corrected chi connectivity index (χ4v) is 2.55. The zero-order chi connectivity index (χ0) is 14.1. The van der Waals surface area contributed by atoms with E-state index in [0.717, 1.165) is 22.2 Å². The number of aromatic nitrogens is 2. The first-order chi connectivity index (χ1) is 9.74. The monoisotopic (exact) mass is 265 g/mol. The summed E-state index contributed by atoms with van der Waals surface area (Å²) in [7, 11) is 0. The second-order valence-corrected chi connectivity index (χ2v) is 4.61. The molecule has 0 atom stereocenters. The van der Waals surface area contributed by atoms with Crippen LogP contribution in [0.2, 0.25) is 0 Å². The Bertz CT molecular complexity index is 822. The molecule has 2 aromatic heterocycles. The minimum Gasteiger partial charge on any atom is -0.336 e. The van der Waals surface area contributed by atoms with Crippen molar-refractivity contribution in [1.82, 2.24) is 9.66 Å². The molecule has 0 fully saturated rings. The van der Waals surface area contributed by atoms with Crippen LogP contribution in [0.1, 0.15) is 12.5 Å². The third-order valence-corrected chi connectivity index (χ3v) is 3.49. The average Bonchev–Trinajstić information content (AvgIpc) is 2.51. The number of nitrogens with zero attached hydrogens (tertiary/aromatic N) is 2. The fourth-order valence-electron chi connectivity index (χ4n) is 2.55. The molecular weight excluding hydrogens is 250 g/mol. The van der Waals surface area contributed by atoms with Crippen LogP contribution in [-0.2, 0) is 6.42 Å². The maximum Gasteiger partial charge on any atom is 0.273 e. The van der Waals surface area contributed by atoms with E-state index in [1.807, 2.05) is 49.4 Å². The summed E-state index contributed by atoms with van der Waals surface area (Å²) in [5.41, 5.74) is 2.95. The lowest BCUT2D eigenvalue weighted by Crippen LogP contribution is -2.30. The number of hydrogen-bond donors (Lipinski definition) is 1. The molecule has 0 amide bonds. The average molecular weight is 265 g/mol. The highest BCUT2D eigenvalue weighted by molar-refractivity contribution is 5.95. The first-order valence-corrected chi connectivity index (χ1v) is 6.57. The topological polar surface area (TPSA) is 60.9 Å². The number of nitrogen functional groups attached to an aromatic ring is 1. The lowest BCUT2D eigenvalue weighted by molar-refractivity contribution is 0.941. The second-order valence-electron chi connectivity index (χ2n) is 4.61. The zero-order valence-corrected chi connectivity index (χ0v) is 11.2. The van der Waals surface area contributed by atoms with Crippen molar-refractivity contribution in [2.24, 2.45) is 0 Å². The van der Waals surface area contributed by atoms with E-state index in [4.69, 9.17) is 5.84 Å². The fraction of sp³-hybridized carbons (Fsp3) is 0.125. The summed E-state index contributed by atoms with van der Waals surface area (Å²) in [6, 6.07) is 13.3. The van der Waals surface area contributed by atoms with Crippen LogP contribution in [0.3, 0.4) is 0 Å². The Balaban J connectivity index is 2.52. The Labute approximate surface area is 116 Å². The molecule has 0 unspecified atom stereocenters. The lowest BCUT2D eigenvalue weighted by Gasteiger charge is -2.14. The number of para-hydroxylation sites is 1. The molecule has 20 heavy (non-hydrogen) atoms. The van der Waals surface area contributed by atoms with Gasteiger partial charge in [0.05, 0.1) is 11.2 Å². The lowest BCUT2D eigenvalue weighted by atomic mass is 9.98. The van der Waals surface area contributed by atoms with Gasteiger partial charge in [-0.1, -0.05) is 31.2 Å². The molecule has 0 saturated heterocycles. The van der Waals surface area contributed by atoms with Gasteiger partial charge in [-0.3, -0.25) is 9.78 Å². The van der Waals surface area contributed by atoms with E-state index in [9.17, 15) is 4.79 Å². The smallest absolute Gasteiger partial charge is 0.273 e. The molecule has 100 valence electrons. The molecule has 0 radical (unpaired) electrons. The molecule has 3 aromatic rings. The Morgan fingerprint density at radius 3 is 2.60 bits per heavy atom. The first kappa shape index (κ1) is 12.4. The van der Waals surface area contributed by atoms with Crippen LogP contribution in [-0.4, -0.2) is 9.66 Å². The van der Waals surface area contributed by atoms with Gasteiger partial charge in [0.25, 0.3) is 5.56 Å². The molecular formula is C16H15N3O. The van der Waals surface area contributed by atoms with Crippen LogP contribution >= 0.6 is 0 Å². The van der Waals surface area contributed by atoms with Gasteiger partial charge in [-0.15, -0.1) is 0 Å². The Hall–Kier alpha value is -2.62. The van der Waals surface area contributed by atoms with E-state index in [-0.39, 0.29) is 5.56 Å². The van der Waals surface area contributed by atoms with Crippen molar-refractivity contribution in [2.75, 3.05) is 5.84 Å². The van der Waals surface area contributed by atoms with Crippen LogP contribution in [0, 0.1) is 0 Å². The van der Waals surface area contributed by atoms with E-state index in [1.165, 1.54) is 4.68 Å². The van der Waals surface area contributed by atoms with Crippen LogP contribution in [0.5, 0.6) is 0 Å². The quantitative estimate of drug-likeness (QED) is 0.723. The SMILES string of the molecule is CCc1c(-c2ccccn2)c2ccccc2n(N)c1=O. The number of nitrogens with two attached hydrogens (primary N) is 1. The van der Waals surface area contributed by atoms with Crippen LogP contribution in [0.25, 0.3) is 22.2 Å². The van der Waals surface area contributed by atoms with Crippen LogP contribution in [0.15, 0.2) is 53.5 Å². The number of pyridine rings is 2. The van der Waals surface area contributed by atoms with Crippen molar-refractivity contribution in [2.45, 2.75) is 13.3 Å². The minimum absolute atomic E-state index is 0.160. The van der Waals surface area contributed by atoms with Gasteiger partial charge >= 0.3 is 0 Å². The number of rotatable bonds is 2. The molecule has 1 aromatic carbocycles. The normalized spacial score (nSPS) is 10.8. The Kier molecular flexibility index (Phi) is 2.99. The van der Waals surface area contributed by atoms with Gasteiger partial charge in [0.1, 0.15) is 0 Å². The molecule has 0 aliphatic carbocycles. The van der Waals surface area contributed by atoms with Crippen molar-refractivity contribution in [3.63, 3.8) is 0 Å². The highest BCUT2D eigenvalue weighted by atomic mass is 16.1. The third-order valence-electron chi connectivity index (χ3n) is 3.49. The van der Waals surface area contributed by atoms with E-state index in [0.29, 0.717) is 12.0 Å². The van der Waals surface area contributed by atoms with Crippen LogP contribution < -0.4 is 11.4 Å². The predicted molar refractivity (Wildman–Crippen MR) is 81.0 cm³/mol. The molecule has 2 N–H and O–H groups in total. The van der Waals surface area contributed by atoms with E-state index in [1.54, 1.807) is 6.20 Å². The molecule has 0 aliphatic rings. The van der Waals surface area contributed by atoms with Crippen molar-refractivity contribution >= 4 is 10.9 Å². The summed E-state index contributed by atoms with van der Waals surface area (Å²) in [6.07, 6.45) is 2.35. The van der Waals surface area contributed by atoms with Gasteiger partial charge in [0.15, 0.2) is 0 Å².